The molecule has 15 heavy (non-hydrogen) atoms. The fraction of sp³-hybridized carbons (Fsp3) is 0.923. The average Bonchev–Trinajstić information content (AvgIpc) is 2.45. The van der Waals surface area contributed by atoms with Crippen molar-refractivity contribution in [1.82, 2.24) is 0 Å². The zero-order valence-corrected chi connectivity index (χ0v) is 10.4. The molecule has 0 aliphatic carbocycles. The topological polar surface area (TPSA) is 18.5 Å². The van der Waals surface area contributed by atoms with Gasteiger partial charge in [0.15, 0.2) is 5.79 Å². The standard InChI is InChI=1S/C13H25O2/c1-4-5-6-9-13(12(2)3)14-10-7-8-11-15-13/h7,12H,4-6,8-11H2,1-3H3. The van der Waals surface area contributed by atoms with Gasteiger partial charge in [0, 0.05) is 12.3 Å². The number of rotatable bonds is 5. The van der Waals surface area contributed by atoms with Crippen LogP contribution in [0, 0.1) is 12.3 Å². The maximum absolute atomic E-state index is 5.95. The Hall–Kier alpha value is -0.0800. The highest BCUT2D eigenvalue weighted by Crippen LogP contribution is 2.32. The van der Waals surface area contributed by atoms with Gasteiger partial charge in [-0.3, -0.25) is 0 Å². The number of unbranched alkanes of at least 4 members (excludes halogenated alkanes) is 2. The molecule has 2 heteroatoms. The van der Waals surface area contributed by atoms with E-state index in [0.717, 1.165) is 26.1 Å². The van der Waals surface area contributed by atoms with E-state index in [1.165, 1.54) is 19.3 Å². The first kappa shape index (κ1) is 13.0. The van der Waals surface area contributed by atoms with Crippen molar-refractivity contribution in [3.8, 4) is 0 Å². The summed E-state index contributed by atoms with van der Waals surface area (Å²) in [5.74, 6) is 0.114. The fourth-order valence-electron chi connectivity index (χ4n) is 2.03. The summed E-state index contributed by atoms with van der Waals surface area (Å²) in [6.07, 6.45) is 7.94. The van der Waals surface area contributed by atoms with Crippen molar-refractivity contribution >= 4 is 0 Å². The molecule has 0 aromatic heterocycles. The van der Waals surface area contributed by atoms with Crippen molar-refractivity contribution in [3.05, 3.63) is 6.42 Å². The molecule has 0 aromatic rings. The van der Waals surface area contributed by atoms with E-state index >= 15 is 0 Å². The molecule has 0 aromatic carbocycles. The van der Waals surface area contributed by atoms with Gasteiger partial charge in [-0.25, -0.2) is 0 Å². The van der Waals surface area contributed by atoms with Crippen molar-refractivity contribution in [1.29, 1.82) is 0 Å². The zero-order valence-electron chi connectivity index (χ0n) is 10.4. The summed E-state index contributed by atoms with van der Waals surface area (Å²) >= 11 is 0. The first-order valence-corrected chi connectivity index (χ1v) is 6.31. The molecule has 0 bridgehead atoms. The largest absolute Gasteiger partial charge is 0.350 e. The normalized spacial score (nSPS) is 21.6. The van der Waals surface area contributed by atoms with Gasteiger partial charge < -0.3 is 9.47 Å². The van der Waals surface area contributed by atoms with Gasteiger partial charge in [-0.15, -0.1) is 0 Å². The van der Waals surface area contributed by atoms with Crippen molar-refractivity contribution in [3.63, 3.8) is 0 Å². The van der Waals surface area contributed by atoms with Gasteiger partial charge in [-0.2, -0.15) is 0 Å². The second kappa shape index (κ2) is 6.49. The quantitative estimate of drug-likeness (QED) is 0.650. The van der Waals surface area contributed by atoms with E-state index in [2.05, 4.69) is 27.2 Å². The van der Waals surface area contributed by atoms with Crippen LogP contribution < -0.4 is 0 Å². The molecule has 0 N–H and O–H groups in total. The lowest BCUT2D eigenvalue weighted by Gasteiger charge is -2.36. The van der Waals surface area contributed by atoms with E-state index in [0.29, 0.717) is 5.92 Å². The number of hydrogen-bond donors (Lipinski definition) is 0. The van der Waals surface area contributed by atoms with E-state index in [1.54, 1.807) is 0 Å². The monoisotopic (exact) mass is 213 g/mol. The highest BCUT2D eigenvalue weighted by molar-refractivity contribution is 4.79. The van der Waals surface area contributed by atoms with Crippen molar-refractivity contribution < 1.29 is 9.47 Å². The lowest BCUT2D eigenvalue weighted by molar-refractivity contribution is -0.253. The summed E-state index contributed by atoms with van der Waals surface area (Å²) in [4.78, 5) is 0. The predicted octanol–water partition coefficient (Wildman–Crippen LogP) is 3.56. The molecule has 0 saturated carbocycles. The average molecular weight is 213 g/mol. The molecule has 1 aliphatic heterocycles. The maximum Gasteiger partial charge on any atom is 0.170 e. The minimum atomic E-state index is -0.317. The third-order valence-electron chi connectivity index (χ3n) is 3.12. The Morgan fingerprint density at radius 1 is 1.27 bits per heavy atom. The Kier molecular flexibility index (Phi) is 5.62. The number of ether oxygens (including phenoxy) is 2. The van der Waals surface area contributed by atoms with E-state index in [4.69, 9.17) is 9.47 Å². The lowest BCUT2D eigenvalue weighted by atomic mass is 9.96. The molecule has 1 radical (unpaired) electrons. The van der Waals surface area contributed by atoms with E-state index < -0.39 is 0 Å². The van der Waals surface area contributed by atoms with Gasteiger partial charge in [-0.05, 0) is 19.3 Å². The highest BCUT2D eigenvalue weighted by Gasteiger charge is 2.36. The molecular formula is C13H25O2. The van der Waals surface area contributed by atoms with Gasteiger partial charge >= 0.3 is 0 Å². The summed E-state index contributed by atoms with van der Waals surface area (Å²) in [7, 11) is 0. The fourth-order valence-corrected chi connectivity index (χ4v) is 2.03. The van der Waals surface area contributed by atoms with Crippen LogP contribution in [-0.4, -0.2) is 19.0 Å². The van der Waals surface area contributed by atoms with Crippen LogP contribution in [-0.2, 0) is 9.47 Å². The van der Waals surface area contributed by atoms with Gasteiger partial charge in [0.2, 0.25) is 0 Å². The predicted molar refractivity (Wildman–Crippen MR) is 62.5 cm³/mol. The Bertz CT molecular complexity index is 158. The molecule has 1 atom stereocenters. The molecule has 0 spiro atoms. The SMILES string of the molecule is CCCCCC1(C(C)C)OC[CH]CCO1. The summed E-state index contributed by atoms with van der Waals surface area (Å²) in [6.45, 7) is 8.16. The van der Waals surface area contributed by atoms with E-state index in [-0.39, 0.29) is 5.79 Å². The molecule has 1 saturated heterocycles. The second-order valence-corrected chi connectivity index (χ2v) is 4.66. The highest BCUT2D eigenvalue weighted by atomic mass is 16.7. The third-order valence-corrected chi connectivity index (χ3v) is 3.12. The Balaban J connectivity index is 2.51. The Labute approximate surface area is 94.3 Å². The van der Waals surface area contributed by atoms with E-state index in [1.807, 2.05) is 0 Å². The van der Waals surface area contributed by atoms with Crippen LogP contribution in [0.2, 0.25) is 0 Å². The second-order valence-electron chi connectivity index (χ2n) is 4.66. The van der Waals surface area contributed by atoms with Gasteiger partial charge in [0.1, 0.15) is 0 Å². The van der Waals surface area contributed by atoms with Crippen molar-refractivity contribution in [2.24, 2.45) is 5.92 Å². The first-order valence-electron chi connectivity index (χ1n) is 6.31. The van der Waals surface area contributed by atoms with Crippen LogP contribution >= 0.6 is 0 Å². The van der Waals surface area contributed by atoms with Crippen LogP contribution in [0.3, 0.4) is 0 Å². The molecule has 1 heterocycles. The van der Waals surface area contributed by atoms with Crippen molar-refractivity contribution in [2.75, 3.05) is 13.2 Å². The van der Waals surface area contributed by atoms with Gasteiger partial charge in [0.25, 0.3) is 0 Å². The van der Waals surface area contributed by atoms with Crippen LogP contribution in [0.4, 0.5) is 0 Å². The summed E-state index contributed by atoms with van der Waals surface area (Å²) in [5, 5.41) is 0. The van der Waals surface area contributed by atoms with E-state index in [9.17, 15) is 0 Å². The molecule has 0 amide bonds. The zero-order chi connectivity index (χ0) is 11.1. The van der Waals surface area contributed by atoms with Crippen LogP contribution in [0.1, 0.15) is 52.9 Å². The maximum atomic E-state index is 5.95. The number of hydrogen-bond acceptors (Lipinski definition) is 2. The van der Waals surface area contributed by atoms with Crippen LogP contribution in [0.15, 0.2) is 0 Å². The molecule has 1 aliphatic rings. The molecule has 2 nitrogen and oxygen atoms in total. The lowest BCUT2D eigenvalue weighted by Crippen LogP contribution is -2.40. The van der Waals surface area contributed by atoms with Gasteiger partial charge in [0.05, 0.1) is 13.2 Å². The molecule has 1 rings (SSSR count). The molecule has 89 valence electrons. The third kappa shape index (κ3) is 3.76. The molecular weight excluding hydrogens is 188 g/mol. The Morgan fingerprint density at radius 3 is 2.73 bits per heavy atom. The molecule has 1 fully saturated rings. The Morgan fingerprint density at radius 2 is 2.07 bits per heavy atom. The first-order chi connectivity index (χ1) is 7.21. The van der Waals surface area contributed by atoms with Crippen LogP contribution in [0.5, 0.6) is 0 Å². The van der Waals surface area contributed by atoms with Gasteiger partial charge in [-0.1, -0.05) is 33.6 Å². The molecule has 1 unspecified atom stereocenters. The van der Waals surface area contributed by atoms with Crippen LogP contribution in [0.25, 0.3) is 0 Å². The summed E-state index contributed by atoms with van der Waals surface area (Å²) < 4.78 is 11.9. The summed E-state index contributed by atoms with van der Waals surface area (Å²) in [5.41, 5.74) is 0. The summed E-state index contributed by atoms with van der Waals surface area (Å²) in [6, 6.07) is 0. The van der Waals surface area contributed by atoms with Crippen molar-refractivity contribution in [2.45, 2.75) is 58.7 Å². The minimum Gasteiger partial charge on any atom is -0.350 e. The smallest absolute Gasteiger partial charge is 0.170 e. The minimum absolute atomic E-state index is 0.317.